The van der Waals surface area contributed by atoms with Crippen LogP contribution in [-0.2, 0) is 17.6 Å². The van der Waals surface area contributed by atoms with Crippen LogP contribution in [0.5, 0.6) is 17.2 Å². The zero-order valence-electron chi connectivity index (χ0n) is 20.3. The first-order valence-corrected chi connectivity index (χ1v) is 12.2. The van der Waals surface area contributed by atoms with Crippen LogP contribution in [0.15, 0.2) is 72.8 Å². The molecule has 0 aliphatic carbocycles. The third kappa shape index (κ3) is 8.23. The molecule has 3 aromatic rings. The Balaban J connectivity index is 1.44. The summed E-state index contributed by atoms with van der Waals surface area (Å²) in [6.07, 6.45) is 6.87. The van der Waals surface area contributed by atoms with Gasteiger partial charge in [0.2, 0.25) is 5.91 Å². The number of nitrogens with one attached hydrogen (secondary N) is 1. The highest BCUT2D eigenvalue weighted by molar-refractivity contribution is 5.94. The highest BCUT2D eigenvalue weighted by atomic mass is 16.5. The topological polar surface area (TPSA) is 73.6 Å². The standard InChI is InChI=1S/C29H36N2O3/c1-3-5-7-22-9-15-25(16-10-22)33-21-28(30)29(32)31-24-13-19-27(20-14-24)34-26-17-11-23(12-18-26)8-6-4-2/h9-20,28H,3-8,21,30H2,1-2H3,(H,31,32)/t28-/m0/s1. The molecule has 0 bridgehead atoms. The molecule has 0 saturated heterocycles. The first-order chi connectivity index (χ1) is 16.6. The molecule has 0 heterocycles. The van der Waals surface area contributed by atoms with Gasteiger partial charge in [0, 0.05) is 5.69 Å². The van der Waals surface area contributed by atoms with E-state index in [0.29, 0.717) is 17.2 Å². The van der Waals surface area contributed by atoms with E-state index in [-0.39, 0.29) is 12.5 Å². The number of benzene rings is 3. The zero-order chi connectivity index (χ0) is 24.2. The third-order valence-electron chi connectivity index (χ3n) is 5.61. The molecule has 0 aromatic heterocycles. The fraction of sp³-hybridized carbons (Fsp3) is 0.345. The van der Waals surface area contributed by atoms with Crippen LogP contribution >= 0.6 is 0 Å². The lowest BCUT2D eigenvalue weighted by Crippen LogP contribution is -2.40. The lowest BCUT2D eigenvalue weighted by molar-refractivity contribution is -0.118. The average molecular weight is 461 g/mol. The van der Waals surface area contributed by atoms with E-state index in [1.807, 2.05) is 36.4 Å². The molecular formula is C29H36N2O3. The third-order valence-corrected chi connectivity index (χ3v) is 5.61. The predicted octanol–water partition coefficient (Wildman–Crippen LogP) is 6.51. The number of ether oxygens (including phenoxy) is 2. The monoisotopic (exact) mass is 460 g/mol. The van der Waals surface area contributed by atoms with E-state index >= 15 is 0 Å². The Morgan fingerprint density at radius 3 is 1.74 bits per heavy atom. The Morgan fingerprint density at radius 2 is 1.24 bits per heavy atom. The summed E-state index contributed by atoms with van der Waals surface area (Å²) in [4.78, 5) is 12.4. The van der Waals surface area contributed by atoms with Crippen molar-refractivity contribution in [1.82, 2.24) is 0 Å². The molecule has 3 aromatic carbocycles. The van der Waals surface area contributed by atoms with Crippen molar-refractivity contribution in [2.45, 2.75) is 58.4 Å². The van der Waals surface area contributed by atoms with E-state index in [0.717, 1.165) is 18.6 Å². The van der Waals surface area contributed by atoms with Crippen molar-refractivity contribution in [1.29, 1.82) is 0 Å². The van der Waals surface area contributed by atoms with Crippen LogP contribution in [-0.4, -0.2) is 18.6 Å². The zero-order valence-corrected chi connectivity index (χ0v) is 20.3. The summed E-state index contributed by atoms with van der Waals surface area (Å²) in [5, 5.41) is 2.83. The Morgan fingerprint density at radius 1 is 0.765 bits per heavy atom. The molecule has 0 spiro atoms. The number of carbonyl (C=O) groups is 1. The molecule has 3 rings (SSSR count). The normalized spacial score (nSPS) is 11.6. The van der Waals surface area contributed by atoms with Gasteiger partial charge in [0.25, 0.3) is 0 Å². The number of anilines is 1. The lowest BCUT2D eigenvalue weighted by atomic mass is 10.1. The van der Waals surface area contributed by atoms with Gasteiger partial charge in [0.15, 0.2) is 0 Å². The minimum Gasteiger partial charge on any atom is -0.491 e. The number of hydrogen-bond donors (Lipinski definition) is 2. The lowest BCUT2D eigenvalue weighted by Gasteiger charge is -2.14. The molecule has 0 radical (unpaired) electrons. The first kappa shape index (κ1) is 25.3. The molecule has 0 aliphatic rings. The average Bonchev–Trinajstić information content (AvgIpc) is 2.87. The van der Waals surface area contributed by atoms with Gasteiger partial charge in [-0.3, -0.25) is 4.79 Å². The molecule has 3 N–H and O–H groups in total. The number of carbonyl (C=O) groups excluding carboxylic acids is 1. The number of aryl methyl sites for hydroxylation is 2. The van der Waals surface area contributed by atoms with E-state index in [1.54, 1.807) is 12.1 Å². The number of hydrogen-bond acceptors (Lipinski definition) is 4. The minimum atomic E-state index is -0.776. The van der Waals surface area contributed by atoms with Crippen LogP contribution in [0.1, 0.15) is 50.7 Å². The van der Waals surface area contributed by atoms with Gasteiger partial charge in [-0.25, -0.2) is 0 Å². The maximum absolute atomic E-state index is 12.4. The SMILES string of the molecule is CCCCc1ccc(OC[C@H](N)C(=O)Nc2ccc(Oc3ccc(CCCC)cc3)cc2)cc1. The maximum atomic E-state index is 12.4. The Kier molecular flexibility index (Phi) is 9.98. The van der Waals surface area contributed by atoms with E-state index < -0.39 is 6.04 Å². The number of unbranched alkanes of at least 4 members (excludes halogenated alkanes) is 2. The largest absolute Gasteiger partial charge is 0.491 e. The Labute approximate surface area is 203 Å². The summed E-state index contributed by atoms with van der Waals surface area (Å²) in [6.45, 7) is 4.48. The number of nitrogens with two attached hydrogens (primary N) is 1. The van der Waals surface area contributed by atoms with Gasteiger partial charge in [-0.1, -0.05) is 51.0 Å². The molecule has 180 valence electrons. The molecule has 1 atom stereocenters. The van der Waals surface area contributed by atoms with Gasteiger partial charge in [-0.15, -0.1) is 0 Å². The highest BCUT2D eigenvalue weighted by Crippen LogP contribution is 2.24. The van der Waals surface area contributed by atoms with Crippen molar-refractivity contribution >= 4 is 11.6 Å². The van der Waals surface area contributed by atoms with Gasteiger partial charge in [-0.05, 0) is 85.3 Å². The second-order valence-corrected chi connectivity index (χ2v) is 8.53. The molecule has 0 fully saturated rings. The summed E-state index contributed by atoms with van der Waals surface area (Å²) >= 11 is 0. The van der Waals surface area contributed by atoms with Crippen molar-refractivity contribution in [3.63, 3.8) is 0 Å². The van der Waals surface area contributed by atoms with E-state index in [1.165, 1.54) is 36.8 Å². The Bertz CT molecular complexity index is 999. The molecule has 0 saturated carbocycles. The maximum Gasteiger partial charge on any atom is 0.244 e. The molecule has 5 heteroatoms. The van der Waals surface area contributed by atoms with Gasteiger partial charge < -0.3 is 20.5 Å². The quantitative estimate of drug-likeness (QED) is 0.305. The first-order valence-electron chi connectivity index (χ1n) is 12.2. The van der Waals surface area contributed by atoms with Gasteiger partial charge in [0.05, 0.1) is 0 Å². The van der Waals surface area contributed by atoms with Gasteiger partial charge in [0.1, 0.15) is 29.9 Å². The van der Waals surface area contributed by atoms with E-state index in [4.69, 9.17) is 15.2 Å². The smallest absolute Gasteiger partial charge is 0.244 e. The fourth-order valence-electron chi connectivity index (χ4n) is 3.48. The Hall–Kier alpha value is -3.31. The summed E-state index contributed by atoms with van der Waals surface area (Å²) in [5.41, 5.74) is 9.28. The van der Waals surface area contributed by atoms with Crippen molar-refractivity contribution in [2.24, 2.45) is 5.73 Å². The molecule has 0 unspecified atom stereocenters. The van der Waals surface area contributed by atoms with Crippen LogP contribution < -0.4 is 20.5 Å². The van der Waals surface area contributed by atoms with Gasteiger partial charge >= 0.3 is 0 Å². The van der Waals surface area contributed by atoms with Crippen molar-refractivity contribution in [3.05, 3.63) is 83.9 Å². The van der Waals surface area contributed by atoms with Crippen LogP contribution in [0, 0.1) is 0 Å². The second kappa shape index (κ2) is 13.4. The minimum absolute atomic E-state index is 0.107. The van der Waals surface area contributed by atoms with Crippen LogP contribution in [0.2, 0.25) is 0 Å². The van der Waals surface area contributed by atoms with Gasteiger partial charge in [-0.2, -0.15) is 0 Å². The highest BCUT2D eigenvalue weighted by Gasteiger charge is 2.15. The molecular weight excluding hydrogens is 424 g/mol. The van der Waals surface area contributed by atoms with Crippen LogP contribution in [0.3, 0.4) is 0 Å². The predicted molar refractivity (Wildman–Crippen MR) is 139 cm³/mol. The number of amides is 1. The fourth-order valence-corrected chi connectivity index (χ4v) is 3.48. The van der Waals surface area contributed by atoms with Crippen LogP contribution in [0.4, 0.5) is 5.69 Å². The number of rotatable bonds is 13. The van der Waals surface area contributed by atoms with Crippen LogP contribution in [0.25, 0.3) is 0 Å². The summed E-state index contributed by atoms with van der Waals surface area (Å²) in [7, 11) is 0. The molecule has 0 aliphatic heterocycles. The molecule has 1 amide bonds. The van der Waals surface area contributed by atoms with E-state index in [9.17, 15) is 4.79 Å². The molecule has 34 heavy (non-hydrogen) atoms. The summed E-state index contributed by atoms with van der Waals surface area (Å²) in [6, 6.07) is 22.6. The van der Waals surface area contributed by atoms with Crippen molar-refractivity contribution < 1.29 is 14.3 Å². The van der Waals surface area contributed by atoms with Crippen molar-refractivity contribution in [3.8, 4) is 17.2 Å². The molecule has 5 nitrogen and oxygen atoms in total. The second-order valence-electron chi connectivity index (χ2n) is 8.53. The summed E-state index contributed by atoms with van der Waals surface area (Å²) in [5.74, 6) is 1.91. The van der Waals surface area contributed by atoms with E-state index in [2.05, 4.69) is 43.4 Å². The summed E-state index contributed by atoms with van der Waals surface area (Å²) < 4.78 is 11.6. The van der Waals surface area contributed by atoms with Crippen molar-refractivity contribution in [2.75, 3.05) is 11.9 Å².